The van der Waals surface area contributed by atoms with Crippen molar-refractivity contribution in [1.82, 2.24) is 10.2 Å². The number of H-pyrrole nitrogens is 1. The number of aryl methyl sites for hydroxylation is 2. The molecule has 1 rings (SSSR count). The number of aromatic amines is 1. The zero-order valence-electron chi connectivity index (χ0n) is 7.90. The monoisotopic (exact) mass is 194 g/mol. The maximum Gasteiger partial charge on any atom is 0.230 e. The van der Waals surface area contributed by atoms with Crippen LogP contribution in [0.5, 0.6) is 0 Å². The summed E-state index contributed by atoms with van der Waals surface area (Å²) in [7, 11) is 0. The Morgan fingerprint density at radius 3 is 2.93 bits per heavy atom. The van der Waals surface area contributed by atoms with E-state index in [0.717, 1.165) is 5.69 Å². The molecule has 0 radical (unpaired) electrons. The second-order valence-corrected chi connectivity index (χ2v) is 2.75. The van der Waals surface area contributed by atoms with Crippen molar-refractivity contribution in [3.8, 4) is 0 Å². The molecular formula is C7H10N6O. The number of nitrogens with one attached hydrogen (secondary N) is 2. The van der Waals surface area contributed by atoms with Gasteiger partial charge in [-0.05, 0) is 19.4 Å². The molecule has 0 unspecified atom stereocenters. The lowest BCUT2D eigenvalue weighted by Crippen LogP contribution is -2.15. The highest BCUT2D eigenvalue weighted by atomic mass is 16.1. The SMILES string of the molecule is Cc1n[nH]c(C)c1NC(=O)CN=[N+]=[N-]. The molecule has 0 aromatic carbocycles. The van der Waals surface area contributed by atoms with E-state index >= 15 is 0 Å². The molecule has 14 heavy (non-hydrogen) atoms. The van der Waals surface area contributed by atoms with Crippen molar-refractivity contribution in [2.24, 2.45) is 5.11 Å². The first-order chi connectivity index (χ1) is 6.65. The molecule has 2 N–H and O–H groups in total. The van der Waals surface area contributed by atoms with E-state index in [9.17, 15) is 4.79 Å². The van der Waals surface area contributed by atoms with Crippen molar-refractivity contribution in [2.75, 3.05) is 11.9 Å². The van der Waals surface area contributed by atoms with Crippen LogP contribution in [-0.2, 0) is 4.79 Å². The Bertz CT molecular complexity index is 369. The van der Waals surface area contributed by atoms with E-state index in [1.54, 1.807) is 13.8 Å². The van der Waals surface area contributed by atoms with E-state index < -0.39 is 0 Å². The molecule has 1 heterocycles. The van der Waals surface area contributed by atoms with Crippen LogP contribution in [0.25, 0.3) is 10.4 Å². The van der Waals surface area contributed by atoms with Gasteiger partial charge in [0, 0.05) is 4.91 Å². The number of rotatable bonds is 3. The molecule has 0 spiro atoms. The summed E-state index contributed by atoms with van der Waals surface area (Å²) in [5, 5.41) is 12.4. The number of hydrogen-bond acceptors (Lipinski definition) is 3. The number of hydrogen-bond donors (Lipinski definition) is 2. The first-order valence-electron chi connectivity index (χ1n) is 3.97. The van der Waals surface area contributed by atoms with Gasteiger partial charge in [-0.15, -0.1) is 0 Å². The molecule has 1 amide bonds. The molecule has 1 aromatic heterocycles. The summed E-state index contributed by atoms with van der Waals surface area (Å²) in [6.45, 7) is 3.36. The van der Waals surface area contributed by atoms with Crippen LogP contribution in [0.2, 0.25) is 0 Å². The Labute approximate surface area is 80.1 Å². The van der Waals surface area contributed by atoms with Crippen molar-refractivity contribution >= 4 is 11.6 Å². The molecule has 0 aliphatic carbocycles. The maximum absolute atomic E-state index is 11.2. The lowest BCUT2D eigenvalue weighted by Gasteiger charge is -2.01. The van der Waals surface area contributed by atoms with Gasteiger partial charge in [-0.2, -0.15) is 5.10 Å². The van der Waals surface area contributed by atoms with Crippen LogP contribution >= 0.6 is 0 Å². The Kier molecular flexibility index (Phi) is 3.09. The number of carbonyl (C=O) groups is 1. The van der Waals surface area contributed by atoms with Gasteiger partial charge in [-0.1, -0.05) is 5.11 Å². The van der Waals surface area contributed by atoms with Gasteiger partial charge in [0.2, 0.25) is 5.91 Å². The average Bonchev–Trinajstić information content (AvgIpc) is 2.46. The quantitative estimate of drug-likeness (QED) is 0.429. The summed E-state index contributed by atoms with van der Waals surface area (Å²) < 4.78 is 0. The molecule has 0 aliphatic heterocycles. The van der Waals surface area contributed by atoms with Crippen LogP contribution in [0.15, 0.2) is 5.11 Å². The molecule has 0 saturated heterocycles. The van der Waals surface area contributed by atoms with Crippen molar-refractivity contribution in [3.05, 3.63) is 21.8 Å². The standard InChI is InChI=1S/C7H10N6O/c1-4-7(5(2)12-11-4)10-6(14)3-9-13-8/h3H2,1-2H3,(H,10,14)(H,11,12). The highest BCUT2D eigenvalue weighted by molar-refractivity contribution is 5.93. The molecule has 1 aromatic rings. The minimum absolute atomic E-state index is 0.208. The van der Waals surface area contributed by atoms with Crippen molar-refractivity contribution in [2.45, 2.75) is 13.8 Å². The minimum Gasteiger partial charge on any atom is -0.323 e. The predicted molar refractivity (Wildman–Crippen MR) is 50.7 cm³/mol. The van der Waals surface area contributed by atoms with E-state index in [2.05, 4.69) is 25.5 Å². The molecule has 0 aliphatic rings. The van der Waals surface area contributed by atoms with Crippen LogP contribution < -0.4 is 5.32 Å². The fourth-order valence-electron chi connectivity index (χ4n) is 1.01. The van der Waals surface area contributed by atoms with Crippen LogP contribution in [0.1, 0.15) is 11.4 Å². The number of anilines is 1. The van der Waals surface area contributed by atoms with E-state index in [-0.39, 0.29) is 12.5 Å². The molecule has 0 atom stereocenters. The Morgan fingerprint density at radius 1 is 1.71 bits per heavy atom. The highest BCUT2D eigenvalue weighted by Crippen LogP contribution is 2.15. The fraction of sp³-hybridized carbons (Fsp3) is 0.429. The van der Waals surface area contributed by atoms with Crippen LogP contribution in [0.4, 0.5) is 5.69 Å². The number of aromatic nitrogens is 2. The predicted octanol–water partition coefficient (Wildman–Crippen LogP) is 1.28. The lowest BCUT2D eigenvalue weighted by atomic mass is 10.3. The molecule has 0 fully saturated rings. The Morgan fingerprint density at radius 2 is 2.43 bits per heavy atom. The molecule has 7 heteroatoms. The van der Waals surface area contributed by atoms with E-state index in [4.69, 9.17) is 5.53 Å². The van der Waals surface area contributed by atoms with Crippen LogP contribution in [0, 0.1) is 13.8 Å². The smallest absolute Gasteiger partial charge is 0.230 e. The van der Waals surface area contributed by atoms with Gasteiger partial charge in [0.15, 0.2) is 0 Å². The molecule has 0 bridgehead atoms. The lowest BCUT2D eigenvalue weighted by molar-refractivity contribution is -0.114. The molecule has 74 valence electrons. The number of carbonyl (C=O) groups excluding carboxylic acids is 1. The third kappa shape index (κ3) is 2.24. The Hall–Kier alpha value is -2.01. The first-order valence-corrected chi connectivity index (χ1v) is 3.97. The topological polar surface area (TPSA) is 107 Å². The van der Waals surface area contributed by atoms with E-state index in [1.807, 2.05) is 0 Å². The minimum atomic E-state index is -0.351. The van der Waals surface area contributed by atoms with Gasteiger partial charge in [-0.25, -0.2) is 0 Å². The summed E-state index contributed by atoms with van der Waals surface area (Å²) in [6, 6.07) is 0. The summed E-state index contributed by atoms with van der Waals surface area (Å²) >= 11 is 0. The van der Waals surface area contributed by atoms with Crippen LogP contribution in [-0.4, -0.2) is 22.6 Å². The third-order valence-electron chi connectivity index (χ3n) is 1.67. The normalized spacial score (nSPS) is 9.29. The van der Waals surface area contributed by atoms with Crippen molar-refractivity contribution < 1.29 is 4.79 Å². The number of amides is 1. The maximum atomic E-state index is 11.2. The van der Waals surface area contributed by atoms with Gasteiger partial charge in [0.25, 0.3) is 0 Å². The summed E-state index contributed by atoms with van der Waals surface area (Å²) in [6.07, 6.45) is 0. The molecule has 7 nitrogen and oxygen atoms in total. The summed E-state index contributed by atoms with van der Waals surface area (Å²) in [4.78, 5) is 13.6. The van der Waals surface area contributed by atoms with Gasteiger partial charge in [-0.3, -0.25) is 9.89 Å². The van der Waals surface area contributed by atoms with Crippen molar-refractivity contribution in [3.63, 3.8) is 0 Å². The average molecular weight is 194 g/mol. The fourth-order valence-corrected chi connectivity index (χ4v) is 1.01. The van der Waals surface area contributed by atoms with Crippen LogP contribution in [0.3, 0.4) is 0 Å². The van der Waals surface area contributed by atoms with E-state index in [0.29, 0.717) is 11.4 Å². The van der Waals surface area contributed by atoms with Gasteiger partial charge in [0.1, 0.15) is 6.54 Å². The number of azide groups is 1. The molecule has 0 saturated carbocycles. The second kappa shape index (κ2) is 4.29. The zero-order chi connectivity index (χ0) is 10.6. The number of nitrogens with zero attached hydrogens (tertiary/aromatic N) is 4. The van der Waals surface area contributed by atoms with Gasteiger partial charge < -0.3 is 5.32 Å². The molecular weight excluding hydrogens is 184 g/mol. The van der Waals surface area contributed by atoms with Gasteiger partial charge >= 0.3 is 0 Å². The second-order valence-electron chi connectivity index (χ2n) is 2.75. The van der Waals surface area contributed by atoms with Gasteiger partial charge in [0.05, 0.1) is 17.1 Å². The largest absolute Gasteiger partial charge is 0.323 e. The zero-order valence-corrected chi connectivity index (χ0v) is 7.90. The van der Waals surface area contributed by atoms with Crippen molar-refractivity contribution in [1.29, 1.82) is 0 Å². The summed E-state index contributed by atoms with van der Waals surface area (Å²) in [5.74, 6) is -0.351. The summed E-state index contributed by atoms with van der Waals surface area (Å²) in [5.41, 5.74) is 10.1. The highest BCUT2D eigenvalue weighted by Gasteiger charge is 2.08. The third-order valence-corrected chi connectivity index (χ3v) is 1.67. The Balaban J connectivity index is 2.69. The first kappa shape index (κ1) is 10.1. The van der Waals surface area contributed by atoms with E-state index in [1.165, 1.54) is 0 Å².